The third kappa shape index (κ3) is 2.04. The van der Waals surface area contributed by atoms with Crippen molar-refractivity contribution >= 4 is 23.6 Å². The number of carboxylic acid groups (broad SMARTS) is 1. The monoisotopic (exact) mass is 244 g/mol. The van der Waals surface area contributed by atoms with Gasteiger partial charge in [-0.25, -0.2) is 4.79 Å². The number of hydrogen-bond acceptors (Lipinski definition) is 4. The third-order valence-electron chi connectivity index (χ3n) is 3.25. The Morgan fingerprint density at radius 2 is 2.25 bits per heavy atom. The lowest BCUT2D eigenvalue weighted by Crippen LogP contribution is -2.50. The van der Waals surface area contributed by atoms with Crippen LogP contribution in [-0.2, 0) is 9.59 Å². The highest BCUT2D eigenvalue weighted by molar-refractivity contribution is 7.99. The second-order valence-electron chi connectivity index (χ2n) is 4.35. The first kappa shape index (κ1) is 11.7. The molecule has 3 unspecified atom stereocenters. The summed E-state index contributed by atoms with van der Waals surface area (Å²) in [5.74, 6) is 0.634. The molecule has 3 atom stereocenters. The molecule has 0 radical (unpaired) electrons. The summed E-state index contributed by atoms with van der Waals surface area (Å²) < 4.78 is 0. The van der Waals surface area contributed by atoms with E-state index in [1.54, 1.807) is 11.8 Å². The van der Waals surface area contributed by atoms with Gasteiger partial charge in [-0.05, 0) is 12.3 Å². The van der Waals surface area contributed by atoms with Crippen LogP contribution in [0, 0.1) is 5.92 Å². The molecule has 2 rings (SSSR count). The minimum Gasteiger partial charge on any atom is -0.480 e. The largest absolute Gasteiger partial charge is 0.480 e. The van der Waals surface area contributed by atoms with Crippen molar-refractivity contribution < 1.29 is 14.7 Å². The van der Waals surface area contributed by atoms with E-state index in [9.17, 15) is 9.59 Å². The average molecular weight is 244 g/mol. The van der Waals surface area contributed by atoms with Crippen molar-refractivity contribution in [3.8, 4) is 0 Å². The molecular weight excluding hydrogens is 228 g/mol. The van der Waals surface area contributed by atoms with Crippen molar-refractivity contribution in [3.63, 3.8) is 0 Å². The van der Waals surface area contributed by atoms with Gasteiger partial charge in [-0.2, -0.15) is 0 Å². The van der Waals surface area contributed by atoms with E-state index >= 15 is 0 Å². The number of aliphatic carboxylic acids is 1. The summed E-state index contributed by atoms with van der Waals surface area (Å²) in [7, 11) is 0. The first-order chi connectivity index (χ1) is 7.61. The molecule has 0 aromatic carbocycles. The standard InChI is InChI=1S/C10H16N2O3S/c1-6-2-3-12(8(6)10(14)15)9(13)7-4-16-5-11-7/h6-8,11H,2-5H2,1H3,(H,14,15). The van der Waals surface area contributed by atoms with Crippen LogP contribution < -0.4 is 5.32 Å². The SMILES string of the molecule is CC1CCN(C(=O)C2CSCN2)C1C(=O)O. The van der Waals surface area contributed by atoms with Crippen LogP contribution in [0.5, 0.6) is 0 Å². The number of hydrogen-bond donors (Lipinski definition) is 2. The number of likely N-dealkylation sites (tertiary alicyclic amines) is 1. The van der Waals surface area contributed by atoms with Crippen molar-refractivity contribution in [1.29, 1.82) is 0 Å². The van der Waals surface area contributed by atoms with E-state index in [2.05, 4.69) is 5.32 Å². The van der Waals surface area contributed by atoms with E-state index < -0.39 is 12.0 Å². The summed E-state index contributed by atoms with van der Waals surface area (Å²) in [6.07, 6.45) is 0.780. The summed E-state index contributed by atoms with van der Waals surface area (Å²) in [5.41, 5.74) is 0. The highest BCUT2D eigenvalue weighted by Crippen LogP contribution is 2.26. The molecule has 0 saturated carbocycles. The second-order valence-corrected chi connectivity index (χ2v) is 5.38. The van der Waals surface area contributed by atoms with Gasteiger partial charge < -0.3 is 10.0 Å². The minimum atomic E-state index is -0.885. The lowest BCUT2D eigenvalue weighted by atomic mass is 10.0. The maximum absolute atomic E-state index is 12.1. The van der Waals surface area contributed by atoms with E-state index in [1.165, 1.54) is 4.90 Å². The van der Waals surface area contributed by atoms with Gasteiger partial charge in [0.1, 0.15) is 6.04 Å². The van der Waals surface area contributed by atoms with E-state index in [-0.39, 0.29) is 17.9 Å². The normalized spacial score (nSPS) is 34.3. The highest BCUT2D eigenvalue weighted by Gasteiger charge is 2.41. The zero-order valence-electron chi connectivity index (χ0n) is 9.18. The van der Waals surface area contributed by atoms with Crippen molar-refractivity contribution in [1.82, 2.24) is 10.2 Å². The molecule has 0 aromatic rings. The molecule has 0 aromatic heterocycles. The van der Waals surface area contributed by atoms with Crippen molar-refractivity contribution in [2.24, 2.45) is 5.92 Å². The molecule has 5 nitrogen and oxygen atoms in total. The number of carboxylic acids is 1. The number of carbonyl (C=O) groups excluding carboxylic acids is 1. The molecule has 2 N–H and O–H groups in total. The molecule has 16 heavy (non-hydrogen) atoms. The number of thioether (sulfide) groups is 1. The third-order valence-corrected chi connectivity index (χ3v) is 4.19. The molecule has 90 valence electrons. The Morgan fingerprint density at radius 1 is 1.50 bits per heavy atom. The Labute approximate surface area is 98.6 Å². The predicted molar refractivity (Wildman–Crippen MR) is 61.2 cm³/mol. The van der Waals surface area contributed by atoms with Gasteiger partial charge in [0, 0.05) is 18.2 Å². The van der Waals surface area contributed by atoms with Crippen LogP contribution in [0.1, 0.15) is 13.3 Å². The Morgan fingerprint density at radius 3 is 2.81 bits per heavy atom. The number of nitrogens with one attached hydrogen (secondary N) is 1. The molecule has 2 saturated heterocycles. The van der Waals surface area contributed by atoms with Crippen molar-refractivity contribution in [2.45, 2.75) is 25.4 Å². The van der Waals surface area contributed by atoms with Gasteiger partial charge in [-0.15, -0.1) is 11.8 Å². The van der Waals surface area contributed by atoms with E-state index in [4.69, 9.17) is 5.11 Å². The molecule has 1 amide bonds. The summed E-state index contributed by atoms with van der Waals surface area (Å²) in [4.78, 5) is 24.7. The Balaban J connectivity index is 2.07. The summed E-state index contributed by atoms with van der Waals surface area (Å²) in [6, 6.07) is -0.836. The molecule has 2 aliphatic heterocycles. The van der Waals surface area contributed by atoms with Gasteiger partial charge >= 0.3 is 5.97 Å². The van der Waals surface area contributed by atoms with Crippen LogP contribution in [0.2, 0.25) is 0 Å². The molecule has 2 aliphatic rings. The number of rotatable bonds is 2. The number of amides is 1. The molecule has 6 heteroatoms. The molecule has 0 bridgehead atoms. The van der Waals surface area contributed by atoms with Crippen LogP contribution in [-0.4, -0.2) is 52.1 Å². The highest BCUT2D eigenvalue weighted by atomic mass is 32.2. The fraction of sp³-hybridized carbons (Fsp3) is 0.800. The smallest absolute Gasteiger partial charge is 0.326 e. The van der Waals surface area contributed by atoms with Crippen molar-refractivity contribution in [3.05, 3.63) is 0 Å². The van der Waals surface area contributed by atoms with Crippen LogP contribution in [0.25, 0.3) is 0 Å². The Hall–Kier alpha value is -0.750. The van der Waals surface area contributed by atoms with Gasteiger partial charge in [0.25, 0.3) is 0 Å². The van der Waals surface area contributed by atoms with Crippen LogP contribution in [0.3, 0.4) is 0 Å². The molecule has 2 fully saturated rings. The molecule has 0 spiro atoms. The van der Waals surface area contributed by atoms with E-state index in [1.807, 2.05) is 6.92 Å². The van der Waals surface area contributed by atoms with Crippen molar-refractivity contribution in [2.75, 3.05) is 18.2 Å². The lowest BCUT2D eigenvalue weighted by molar-refractivity contribution is -0.149. The quantitative estimate of drug-likeness (QED) is 0.714. The molecular formula is C10H16N2O3S. The maximum atomic E-state index is 12.1. The van der Waals surface area contributed by atoms with Crippen LogP contribution in [0.15, 0.2) is 0 Å². The maximum Gasteiger partial charge on any atom is 0.326 e. The fourth-order valence-electron chi connectivity index (χ4n) is 2.32. The van der Waals surface area contributed by atoms with Gasteiger partial charge in [-0.1, -0.05) is 6.92 Å². The summed E-state index contributed by atoms with van der Waals surface area (Å²) >= 11 is 1.67. The zero-order chi connectivity index (χ0) is 11.7. The van der Waals surface area contributed by atoms with E-state index in [0.717, 1.165) is 18.1 Å². The predicted octanol–water partition coefficient (Wildman–Crippen LogP) is -0.0295. The van der Waals surface area contributed by atoms with Crippen LogP contribution >= 0.6 is 11.8 Å². The Kier molecular flexibility index (Phi) is 3.39. The topological polar surface area (TPSA) is 69.6 Å². The number of carbonyl (C=O) groups is 2. The zero-order valence-corrected chi connectivity index (χ0v) is 10.00. The minimum absolute atomic E-state index is 0.0514. The fourth-order valence-corrected chi connectivity index (χ4v) is 3.26. The molecule has 0 aliphatic carbocycles. The average Bonchev–Trinajstić information content (AvgIpc) is 2.84. The second kappa shape index (κ2) is 4.63. The first-order valence-electron chi connectivity index (χ1n) is 5.45. The molecule has 2 heterocycles. The number of nitrogens with zero attached hydrogens (tertiary/aromatic N) is 1. The van der Waals surface area contributed by atoms with Crippen LogP contribution in [0.4, 0.5) is 0 Å². The lowest BCUT2D eigenvalue weighted by Gasteiger charge is -2.25. The summed E-state index contributed by atoms with van der Waals surface area (Å²) in [6.45, 7) is 2.46. The summed E-state index contributed by atoms with van der Waals surface area (Å²) in [5, 5.41) is 12.2. The van der Waals surface area contributed by atoms with Gasteiger partial charge in [0.05, 0.1) is 6.04 Å². The van der Waals surface area contributed by atoms with E-state index in [0.29, 0.717) is 6.54 Å². The van der Waals surface area contributed by atoms with Gasteiger partial charge in [0.15, 0.2) is 0 Å². The first-order valence-corrected chi connectivity index (χ1v) is 6.61. The van der Waals surface area contributed by atoms with Gasteiger partial charge in [0.2, 0.25) is 5.91 Å². The van der Waals surface area contributed by atoms with Gasteiger partial charge in [-0.3, -0.25) is 10.1 Å². The Bertz CT molecular complexity index is 304.